The summed E-state index contributed by atoms with van der Waals surface area (Å²) in [5.41, 5.74) is 0. The van der Waals surface area contributed by atoms with Gasteiger partial charge in [-0.1, -0.05) is 26.7 Å². The number of ketones is 1. The molecule has 98 valence electrons. The summed E-state index contributed by atoms with van der Waals surface area (Å²) in [5, 5.41) is 3.61. The standard InChI is InChI=1S/C15H27NO/c1-3-11-5-6-15(17)13(9-11)14-10-12(4-2)7-8-16-14/h11-14,16H,3-10H2,1-2H3. The minimum atomic E-state index is 0.322. The Hall–Kier alpha value is -0.370. The van der Waals surface area contributed by atoms with Gasteiger partial charge in [0.1, 0.15) is 5.78 Å². The molecule has 0 aromatic rings. The lowest BCUT2D eigenvalue weighted by Crippen LogP contribution is -2.47. The second-order valence-electron chi connectivity index (χ2n) is 5.98. The number of piperidine rings is 1. The Bertz CT molecular complexity index is 264. The van der Waals surface area contributed by atoms with Gasteiger partial charge in [-0.05, 0) is 44.1 Å². The van der Waals surface area contributed by atoms with Gasteiger partial charge in [0.05, 0.1) is 0 Å². The van der Waals surface area contributed by atoms with Gasteiger partial charge in [-0.25, -0.2) is 0 Å². The molecule has 0 spiro atoms. The van der Waals surface area contributed by atoms with E-state index in [2.05, 4.69) is 19.2 Å². The smallest absolute Gasteiger partial charge is 0.137 e. The van der Waals surface area contributed by atoms with Crippen LogP contribution in [0.3, 0.4) is 0 Å². The van der Waals surface area contributed by atoms with Gasteiger partial charge < -0.3 is 5.32 Å². The summed E-state index contributed by atoms with van der Waals surface area (Å²) in [4.78, 5) is 12.1. The predicted octanol–water partition coefficient (Wildman–Crippen LogP) is 3.16. The maximum Gasteiger partial charge on any atom is 0.137 e. The van der Waals surface area contributed by atoms with Gasteiger partial charge in [0.15, 0.2) is 0 Å². The monoisotopic (exact) mass is 237 g/mol. The molecule has 17 heavy (non-hydrogen) atoms. The molecule has 1 heterocycles. The zero-order chi connectivity index (χ0) is 12.3. The number of rotatable bonds is 3. The van der Waals surface area contributed by atoms with Gasteiger partial charge >= 0.3 is 0 Å². The molecule has 0 aromatic carbocycles. The number of hydrogen-bond donors (Lipinski definition) is 1. The van der Waals surface area contributed by atoms with E-state index in [0.717, 1.165) is 37.6 Å². The van der Waals surface area contributed by atoms with Crippen LogP contribution in [0.5, 0.6) is 0 Å². The van der Waals surface area contributed by atoms with Crippen LogP contribution in [0.4, 0.5) is 0 Å². The van der Waals surface area contributed by atoms with Crippen LogP contribution in [0.1, 0.15) is 58.8 Å². The average Bonchev–Trinajstić information content (AvgIpc) is 2.39. The van der Waals surface area contributed by atoms with Crippen molar-refractivity contribution in [3.63, 3.8) is 0 Å². The predicted molar refractivity (Wildman–Crippen MR) is 70.9 cm³/mol. The lowest BCUT2D eigenvalue weighted by atomic mass is 9.72. The van der Waals surface area contributed by atoms with Crippen LogP contribution in [0.15, 0.2) is 0 Å². The van der Waals surface area contributed by atoms with Crippen LogP contribution in [0.2, 0.25) is 0 Å². The normalized spacial score (nSPS) is 39.3. The maximum absolute atomic E-state index is 12.1. The summed E-state index contributed by atoms with van der Waals surface area (Å²) >= 11 is 0. The Kier molecular flexibility index (Phi) is 4.61. The first-order chi connectivity index (χ1) is 8.24. The van der Waals surface area contributed by atoms with E-state index in [4.69, 9.17) is 0 Å². The molecule has 0 radical (unpaired) electrons. The zero-order valence-corrected chi connectivity index (χ0v) is 11.4. The average molecular weight is 237 g/mol. The number of carbonyl (C=O) groups excluding carboxylic acids is 1. The van der Waals surface area contributed by atoms with Crippen LogP contribution in [0, 0.1) is 17.8 Å². The third-order valence-electron chi connectivity index (χ3n) is 4.99. The highest BCUT2D eigenvalue weighted by atomic mass is 16.1. The lowest BCUT2D eigenvalue weighted by Gasteiger charge is -2.38. The number of Topliss-reactive ketones (excluding diaryl/α,β-unsaturated/α-hetero) is 1. The molecule has 0 amide bonds. The number of hydrogen-bond acceptors (Lipinski definition) is 2. The van der Waals surface area contributed by atoms with E-state index in [1.54, 1.807) is 0 Å². The molecule has 2 rings (SSSR count). The molecule has 1 saturated carbocycles. The summed E-state index contributed by atoms with van der Waals surface area (Å²) < 4.78 is 0. The Balaban J connectivity index is 1.96. The Labute approximate surface area is 106 Å². The molecule has 0 bridgehead atoms. The lowest BCUT2D eigenvalue weighted by molar-refractivity contribution is -0.127. The van der Waals surface area contributed by atoms with Crippen molar-refractivity contribution < 1.29 is 4.79 Å². The van der Waals surface area contributed by atoms with E-state index in [1.165, 1.54) is 25.7 Å². The van der Waals surface area contributed by atoms with Crippen molar-refractivity contribution >= 4 is 5.78 Å². The minimum Gasteiger partial charge on any atom is -0.313 e. The topological polar surface area (TPSA) is 29.1 Å². The maximum atomic E-state index is 12.1. The van der Waals surface area contributed by atoms with Crippen molar-refractivity contribution in [3.05, 3.63) is 0 Å². The molecule has 1 N–H and O–H groups in total. The largest absolute Gasteiger partial charge is 0.313 e. The fourth-order valence-corrected chi connectivity index (χ4v) is 3.61. The van der Waals surface area contributed by atoms with E-state index in [9.17, 15) is 4.79 Å². The zero-order valence-electron chi connectivity index (χ0n) is 11.4. The van der Waals surface area contributed by atoms with E-state index < -0.39 is 0 Å². The molecule has 1 saturated heterocycles. The molecule has 4 unspecified atom stereocenters. The van der Waals surface area contributed by atoms with Gasteiger partial charge in [0, 0.05) is 18.4 Å². The van der Waals surface area contributed by atoms with Crippen LogP contribution in [-0.2, 0) is 4.79 Å². The third kappa shape index (κ3) is 3.09. The first-order valence-electron chi connectivity index (χ1n) is 7.50. The molecular formula is C15H27NO. The number of nitrogens with one attached hydrogen (secondary N) is 1. The third-order valence-corrected chi connectivity index (χ3v) is 4.99. The molecule has 0 aromatic heterocycles. The van der Waals surface area contributed by atoms with Crippen molar-refractivity contribution in [1.29, 1.82) is 0 Å². The van der Waals surface area contributed by atoms with Crippen LogP contribution in [-0.4, -0.2) is 18.4 Å². The van der Waals surface area contributed by atoms with Crippen molar-refractivity contribution in [2.24, 2.45) is 17.8 Å². The van der Waals surface area contributed by atoms with E-state index in [0.29, 0.717) is 17.7 Å². The summed E-state index contributed by atoms with van der Waals surface area (Å²) in [7, 11) is 0. The molecule has 1 aliphatic heterocycles. The molecule has 2 aliphatic rings. The van der Waals surface area contributed by atoms with Crippen molar-refractivity contribution in [2.45, 2.75) is 64.8 Å². The second-order valence-corrected chi connectivity index (χ2v) is 5.98. The molecule has 2 nitrogen and oxygen atoms in total. The highest BCUT2D eigenvalue weighted by molar-refractivity contribution is 5.82. The SMILES string of the molecule is CCC1CCNC(C2CC(CC)CCC2=O)C1. The van der Waals surface area contributed by atoms with E-state index >= 15 is 0 Å². The molecule has 2 fully saturated rings. The molecular weight excluding hydrogens is 210 g/mol. The van der Waals surface area contributed by atoms with Crippen molar-refractivity contribution in [2.75, 3.05) is 6.54 Å². The van der Waals surface area contributed by atoms with Gasteiger partial charge in [-0.15, -0.1) is 0 Å². The summed E-state index contributed by atoms with van der Waals surface area (Å²) in [6, 6.07) is 0.482. The van der Waals surface area contributed by atoms with E-state index in [1.807, 2.05) is 0 Å². The summed E-state index contributed by atoms with van der Waals surface area (Å²) in [6.45, 7) is 5.66. The van der Waals surface area contributed by atoms with E-state index in [-0.39, 0.29) is 0 Å². The first-order valence-corrected chi connectivity index (χ1v) is 7.50. The fraction of sp³-hybridized carbons (Fsp3) is 0.933. The highest BCUT2D eigenvalue weighted by Crippen LogP contribution is 2.34. The van der Waals surface area contributed by atoms with Gasteiger partial charge in [-0.3, -0.25) is 4.79 Å². The molecule has 4 atom stereocenters. The van der Waals surface area contributed by atoms with Crippen LogP contribution in [0.25, 0.3) is 0 Å². The second kappa shape index (κ2) is 5.99. The van der Waals surface area contributed by atoms with Crippen LogP contribution < -0.4 is 5.32 Å². The fourth-order valence-electron chi connectivity index (χ4n) is 3.61. The van der Waals surface area contributed by atoms with Gasteiger partial charge in [-0.2, -0.15) is 0 Å². The molecule has 2 heteroatoms. The Morgan fingerprint density at radius 3 is 2.53 bits per heavy atom. The first kappa shape index (κ1) is 13.1. The summed E-state index contributed by atoms with van der Waals surface area (Å²) in [6.07, 6.45) is 8.15. The van der Waals surface area contributed by atoms with Crippen LogP contribution >= 0.6 is 0 Å². The summed E-state index contributed by atoms with van der Waals surface area (Å²) in [5.74, 6) is 2.49. The van der Waals surface area contributed by atoms with Crippen molar-refractivity contribution in [1.82, 2.24) is 5.32 Å². The number of carbonyl (C=O) groups is 1. The van der Waals surface area contributed by atoms with Gasteiger partial charge in [0.2, 0.25) is 0 Å². The molecule has 1 aliphatic carbocycles. The highest BCUT2D eigenvalue weighted by Gasteiger charge is 2.35. The van der Waals surface area contributed by atoms with Crippen molar-refractivity contribution in [3.8, 4) is 0 Å². The quantitative estimate of drug-likeness (QED) is 0.817. The Morgan fingerprint density at radius 2 is 1.82 bits per heavy atom. The van der Waals surface area contributed by atoms with Gasteiger partial charge in [0.25, 0.3) is 0 Å². The Morgan fingerprint density at radius 1 is 1.12 bits per heavy atom. The minimum absolute atomic E-state index is 0.322.